The van der Waals surface area contributed by atoms with Crippen molar-refractivity contribution in [2.45, 2.75) is 25.5 Å². The molecule has 1 unspecified atom stereocenters. The first kappa shape index (κ1) is 16.4. The zero-order valence-electron chi connectivity index (χ0n) is 13.4. The maximum absolute atomic E-state index is 9.25. The van der Waals surface area contributed by atoms with Crippen LogP contribution in [0.25, 0.3) is 22.2 Å². The van der Waals surface area contributed by atoms with Crippen LogP contribution in [0.1, 0.15) is 31.1 Å². The van der Waals surface area contributed by atoms with Gasteiger partial charge in [-0.3, -0.25) is 0 Å². The minimum absolute atomic E-state index is 0.0827. The molecule has 0 radical (unpaired) electrons. The zero-order valence-corrected chi connectivity index (χ0v) is 14.9. The number of aromatic nitrogens is 2. The second-order valence-corrected chi connectivity index (χ2v) is 6.90. The van der Waals surface area contributed by atoms with Crippen LogP contribution >= 0.6 is 23.2 Å². The summed E-state index contributed by atoms with van der Waals surface area (Å²) in [5, 5.41) is 16.0. The van der Waals surface area contributed by atoms with Crippen LogP contribution in [-0.4, -0.2) is 16.4 Å². The van der Waals surface area contributed by atoms with E-state index in [0.29, 0.717) is 15.6 Å². The van der Waals surface area contributed by atoms with Gasteiger partial charge in [0.15, 0.2) is 6.23 Å². The van der Waals surface area contributed by atoms with E-state index in [9.17, 15) is 5.26 Å². The number of rotatable bonds is 2. The summed E-state index contributed by atoms with van der Waals surface area (Å²) in [6.45, 7) is 0.740. The molecule has 0 amide bonds. The Hall–Kier alpha value is -2.06. The van der Waals surface area contributed by atoms with Crippen molar-refractivity contribution in [2.24, 2.45) is 0 Å². The van der Waals surface area contributed by atoms with Gasteiger partial charge < -0.3 is 4.74 Å². The number of hydrogen-bond acceptors (Lipinski definition) is 3. The van der Waals surface area contributed by atoms with Crippen LogP contribution in [0.5, 0.6) is 0 Å². The van der Waals surface area contributed by atoms with Crippen molar-refractivity contribution in [3.63, 3.8) is 0 Å². The highest BCUT2D eigenvalue weighted by atomic mass is 35.5. The Balaban J connectivity index is 1.92. The molecule has 3 aromatic rings. The third-order valence-corrected chi connectivity index (χ3v) is 5.20. The molecule has 6 heteroatoms. The van der Waals surface area contributed by atoms with E-state index >= 15 is 0 Å². The molecule has 1 aliphatic heterocycles. The lowest BCUT2D eigenvalue weighted by molar-refractivity contribution is -0.0365. The topological polar surface area (TPSA) is 50.8 Å². The maximum Gasteiger partial charge on any atom is 0.150 e. The number of ether oxygens (including phenoxy) is 1. The molecule has 0 bridgehead atoms. The first-order valence-corrected chi connectivity index (χ1v) is 8.92. The highest BCUT2D eigenvalue weighted by molar-refractivity contribution is 6.42. The van der Waals surface area contributed by atoms with Gasteiger partial charge in [-0.1, -0.05) is 29.3 Å². The van der Waals surface area contributed by atoms with E-state index < -0.39 is 0 Å². The summed E-state index contributed by atoms with van der Waals surface area (Å²) in [6, 6.07) is 13.2. The molecular weight excluding hydrogens is 357 g/mol. The van der Waals surface area contributed by atoms with Crippen molar-refractivity contribution in [3.05, 3.63) is 52.0 Å². The van der Waals surface area contributed by atoms with Gasteiger partial charge in [-0.2, -0.15) is 10.4 Å². The Kier molecular flexibility index (Phi) is 4.39. The summed E-state index contributed by atoms with van der Waals surface area (Å²) >= 11 is 12.2. The number of benzene rings is 2. The van der Waals surface area contributed by atoms with Gasteiger partial charge in [0, 0.05) is 17.6 Å². The molecule has 0 spiro atoms. The van der Waals surface area contributed by atoms with E-state index in [4.69, 9.17) is 33.0 Å². The molecule has 2 aromatic carbocycles. The first-order valence-electron chi connectivity index (χ1n) is 8.17. The van der Waals surface area contributed by atoms with Gasteiger partial charge in [-0.15, -0.1) is 0 Å². The van der Waals surface area contributed by atoms with Crippen LogP contribution < -0.4 is 0 Å². The molecule has 0 saturated carbocycles. The van der Waals surface area contributed by atoms with Gasteiger partial charge in [-0.05, 0) is 49.6 Å². The molecule has 4 nitrogen and oxygen atoms in total. The van der Waals surface area contributed by atoms with Crippen molar-refractivity contribution in [1.29, 1.82) is 5.26 Å². The number of nitriles is 1. The third-order valence-electron chi connectivity index (χ3n) is 4.46. The van der Waals surface area contributed by atoms with E-state index in [1.807, 2.05) is 28.9 Å². The normalized spacial score (nSPS) is 17.6. The summed E-state index contributed by atoms with van der Waals surface area (Å²) < 4.78 is 7.83. The number of nitrogens with zero attached hydrogens (tertiary/aromatic N) is 3. The molecule has 126 valence electrons. The third kappa shape index (κ3) is 3.00. The first-order chi connectivity index (χ1) is 12.2. The molecule has 1 aromatic heterocycles. The van der Waals surface area contributed by atoms with Crippen molar-refractivity contribution in [2.75, 3.05) is 6.61 Å². The fourth-order valence-corrected chi connectivity index (χ4v) is 3.50. The molecule has 1 saturated heterocycles. The Morgan fingerprint density at radius 2 is 2.00 bits per heavy atom. The molecule has 1 aliphatic rings. The highest BCUT2D eigenvalue weighted by Crippen LogP contribution is 2.35. The summed E-state index contributed by atoms with van der Waals surface area (Å²) in [4.78, 5) is 0. The van der Waals surface area contributed by atoms with Crippen molar-refractivity contribution < 1.29 is 4.74 Å². The van der Waals surface area contributed by atoms with Gasteiger partial charge >= 0.3 is 0 Å². The lowest BCUT2D eigenvalue weighted by Gasteiger charge is -2.23. The van der Waals surface area contributed by atoms with Gasteiger partial charge in [0.2, 0.25) is 0 Å². The van der Waals surface area contributed by atoms with Crippen LogP contribution in [0, 0.1) is 11.3 Å². The summed E-state index contributed by atoms with van der Waals surface area (Å²) in [7, 11) is 0. The van der Waals surface area contributed by atoms with E-state index in [1.54, 1.807) is 12.1 Å². The Morgan fingerprint density at radius 3 is 2.72 bits per heavy atom. The molecule has 25 heavy (non-hydrogen) atoms. The Labute approximate surface area is 155 Å². The SMILES string of the molecule is N#Cc1ccc2c(c1)c(-c1ccc(Cl)c(Cl)c1)nn2C1CCCCO1. The average Bonchev–Trinajstić information content (AvgIpc) is 3.03. The van der Waals surface area contributed by atoms with Crippen LogP contribution in [-0.2, 0) is 4.74 Å². The van der Waals surface area contributed by atoms with Crippen LogP contribution in [0.3, 0.4) is 0 Å². The van der Waals surface area contributed by atoms with E-state index in [0.717, 1.165) is 48.0 Å². The second-order valence-electron chi connectivity index (χ2n) is 6.09. The van der Waals surface area contributed by atoms with Gasteiger partial charge in [0.05, 0.1) is 27.2 Å². The summed E-state index contributed by atoms with van der Waals surface area (Å²) in [5.41, 5.74) is 3.19. The van der Waals surface area contributed by atoms with E-state index in [2.05, 4.69) is 6.07 Å². The fraction of sp³-hybridized carbons (Fsp3) is 0.263. The van der Waals surface area contributed by atoms with Gasteiger partial charge in [-0.25, -0.2) is 4.68 Å². The average molecular weight is 372 g/mol. The highest BCUT2D eigenvalue weighted by Gasteiger charge is 2.22. The molecule has 2 heterocycles. The van der Waals surface area contributed by atoms with E-state index in [1.165, 1.54) is 0 Å². The predicted molar refractivity (Wildman–Crippen MR) is 98.7 cm³/mol. The largest absolute Gasteiger partial charge is 0.356 e. The van der Waals surface area contributed by atoms with E-state index in [-0.39, 0.29) is 6.23 Å². The molecular formula is C19H15Cl2N3O. The Bertz CT molecular complexity index is 984. The second kappa shape index (κ2) is 6.68. The number of fused-ring (bicyclic) bond motifs is 1. The lowest BCUT2D eigenvalue weighted by Crippen LogP contribution is -2.19. The number of halogens is 2. The minimum atomic E-state index is -0.0827. The van der Waals surface area contributed by atoms with Crippen LogP contribution in [0.2, 0.25) is 10.0 Å². The molecule has 1 fully saturated rings. The Morgan fingerprint density at radius 1 is 1.12 bits per heavy atom. The minimum Gasteiger partial charge on any atom is -0.356 e. The van der Waals surface area contributed by atoms with Crippen molar-refractivity contribution in [3.8, 4) is 17.3 Å². The zero-order chi connectivity index (χ0) is 17.4. The number of hydrogen-bond donors (Lipinski definition) is 0. The van der Waals surface area contributed by atoms with Crippen molar-refractivity contribution >= 4 is 34.1 Å². The fourth-order valence-electron chi connectivity index (χ4n) is 3.20. The molecule has 4 rings (SSSR count). The summed E-state index contributed by atoms with van der Waals surface area (Å²) in [5.74, 6) is 0. The smallest absolute Gasteiger partial charge is 0.150 e. The predicted octanol–water partition coefficient (Wildman–Crippen LogP) is 5.58. The van der Waals surface area contributed by atoms with Crippen LogP contribution in [0.15, 0.2) is 36.4 Å². The maximum atomic E-state index is 9.25. The lowest BCUT2D eigenvalue weighted by atomic mass is 10.1. The van der Waals surface area contributed by atoms with Gasteiger partial charge in [0.25, 0.3) is 0 Å². The van der Waals surface area contributed by atoms with Crippen LogP contribution in [0.4, 0.5) is 0 Å². The quantitative estimate of drug-likeness (QED) is 0.590. The molecule has 0 N–H and O–H groups in total. The van der Waals surface area contributed by atoms with Gasteiger partial charge in [0.1, 0.15) is 5.69 Å². The molecule has 0 aliphatic carbocycles. The standard InChI is InChI=1S/C19H15Cl2N3O/c20-15-6-5-13(10-16(15)21)19-14-9-12(11-22)4-7-17(14)24(23-19)18-3-1-2-8-25-18/h4-7,9-10,18H,1-3,8H2. The van der Waals surface area contributed by atoms with Crippen molar-refractivity contribution in [1.82, 2.24) is 9.78 Å². The monoisotopic (exact) mass is 371 g/mol. The molecule has 1 atom stereocenters. The summed E-state index contributed by atoms with van der Waals surface area (Å²) in [6.07, 6.45) is 3.04.